The van der Waals surface area contributed by atoms with Crippen LogP contribution in [0.1, 0.15) is 19.3 Å². The Morgan fingerprint density at radius 2 is 2.00 bits per heavy atom. The van der Waals surface area contributed by atoms with Crippen molar-refractivity contribution >= 4 is 16.6 Å². The van der Waals surface area contributed by atoms with Crippen molar-refractivity contribution in [3.05, 3.63) is 30.5 Å². The van der Waals surface area contributed by atoms with E-state index in [0.717, 1.165) is 42.9 Å². The molecule has 4 heteroatoms. The van der Waals surface area contributed by atoms with Gasteiger partial charge in [0.15, 0.2) is 0 Å². The quantitative estimate of drug-likeness (QED) is 0.874. The largest absolute Gasteiger partial charge is 0.508 e. The number of hydrogen-bond acceptors (Lipinski definition) is 4. The van der Waals surface area contributed by atoms with Gasteiger partial charge in [-0.1, -0.05) is 0 Å². The molecule has 1 N–H and O–H groups in total. The fourth-order valence-electron chi connectivity index (χ4n) is 3.65. The van der Waals surface area contributed by atoms with Crippen molar-refractivity contribution in [2.45, 2.75) is 19.3 Å². The Morgan fingerprint density at radius 1 is 1.14 bits per heavy atom. The Balaban J connectivity index is 1.62. The monoisotopic (exact) mass is 284 g/mol. The number of ether oxygens (including phenoxy) is 1. The van der Waals surface area contributed by atoms with Crippen LogP contribution in [-0.4, -0.2) is 36.4 Å². The Morgan fingerprint density at radius 3 is 2.86 bits per heavy atom. The third-order valence-corrected chi connectivity index (χ3v) is 5.01. The van der Waals surface area contributed by atoms with Gasteiger partial charge in [0.1, 0.15) is 5.75 Å². The number of rotatable bonds is 1. The maximum atomic E-state index is 9.63. The highest BCUT2D eigenvalue weighted by molar-refractivity contribution is 5.83. The molecule has 2 aromatic rings. The van der Waals surface area contributed by atoms with Crippen molar-refractivity contribution in [3.63, 3.8) is 0 Å². The first-order valence-electron chi connectivity index (χ1n) is 7.66. The molecule has 0 aliphatic carbocycles. The standard InChI is InChI=1S/C17H20N2O2/c20-15-1-2-16-13(10-15)9-14(11-18-16)19-6-3-17(12-19)4-7-21-8-5-17/h1-2,9-11,20H,3-8,12H2. The van der Waals surface area contributed by atoms with E-state index in [1.807, 2.05) is 12.3 Å². The van der Waals surface area contributed by atoms with E-state index in [4.69, 9.17) is 4.74 Å². The highest BCUT2D eigenvalue weighted by atomic mass is 16.5. The molecule has 0 radical (unpaired) electrons. The summed E-state index contributed by atoms with van der Waals surface area (Å²) in [6.45, 7) is 3.99. The molecule has 110 valence electrons. The van der Waals surface area contributed by atoms with E-state index in [1.54, 1.807) is 12.1 Å². The molecule has 0 unspecified atom stereocenters. The lowest BCUT2D eigenvalue weighted by molar-refractivity contribution is 0.0254. The van der Waals surface area contributed by atoms with Crippen LogP contribution in [0.4, 0.5) is 5.69 Å². The van der Waals surface area contributed by atoms with Gasteiger partial charge in [-0.3, -0.25) is 4.98 Å². The Labute approximate surface area is 124 Å². The summed E-state index contributed by atoms with van der Waals surface area (Å²) in [6.07, 6.45) is 5.54. The number of aromatic nitrogens is 1. The topological polar surface area (TPSA) is 45.6 Å². The first-order chi connectivity index (χ1) is 10.2. The molecule has 0 amide bonds. The molecule has 0 bridgehead atoms. The average Bonchev–Trinajstić information content (AvgIpc) is 2.91. The van der Waals surface area contributed by atoms with E-state index in [2.05, 4.69) is 16.0 Å². The maximum Gasteiger partial charge on any atom is 0.116 e. The summed E-state index contributed by atoms with van der Waals surface area (Å²) >= 11 is 0. The van der Waals surface area contributed by atoms with E-state index in [1.165, 1.54) is 19.3 Å². The van der Waals surface area contributed by atoms with Crippen LogP contribution in [0.15, 0.2) is 30.5 Å². The molecule has 1 spiro atoms. The smallest absolute Gasteiger partial charge is 0.116 e. The molecule has 2 saturated heterocycles. The van der Waals surface area contributed by atoms with Gasteiger partial charge in [-0.15, -0.1) is 0 Å². The molecule has 1 aromatic carbocycles. The van der Waals surface area contributed by atoms with Gasteiger partial charge in [0, 0.05) is 31.7 Å². The molecule has 2 aliphatic heterocycles. The van der Waals surface area contributed by atoms with Gasteiger partial charge < -0.3 is 14.7 Å². The normalized spacial score (nSPS) is 21.2. The van der Waals surface area contributed by atoms with Crippen LogP contribution < -0.4 is 4.90 Å². The predicted octanol–water partition coefficient (Wildman–Crippen LogP) is 2.95. The van der Waals surface area contributed by atoms with E-state index in [0.29, 0.717) is 11.2 Å². The lowest BCUT2D eigenvalue weighted by atomic mass is 9.80. The molecule has 2 fully saturated rings. The number of fused-ring (bicyclic) bond motifs is 1. The van der Waals surface area contributed by atoms with Crippen molar-refractivity contribution < 1.29 is 9.84 Å². The van der Waals surface area contributed by atoms with Crippen LogP contribution in [-0.2, 0) is 4.74 Å². The second-order valence-corrected chi connectivity index (χ2v) is 6.35. The fourth-order valence-corrected chi connectivity index (χ4v) is 3.65. The lowest BCUT2D eigenvalue weighted by Crippen LogP contribution is -2.33. The summed E-state index contributed by atoms with van der Waals surface area (Å²) in [4.78, 5) is 6.96. The molecule has 3 heterocycles. The Hall–Kier alpha value is -1.81. The van der Waals surface area contributed by atoms with Gasteiger partial charge >= 0.3 is 0 Å². The number of aromatic hydroxyl groups is 1. The SMILES string of the molecule is Oc1ccc2ncc(N3CCC4(CCOCC4)C3)cc2c1. The molecule has 21 heavy (non-hydrogen) atoms. The number of phenols is 1. The van der Waals surface area contributed by atoms with Crippen molar-refractivity contribution in [2.24, 2.45) is 5.41 Å². The predicted molar refractivity (Wildman–Crippen MR) is 82.7 cm³/mol. The van der Waals surface area contributed by atoms with Crippen LogP contribution in [0, 0.1) is 5.41 Å². The van der Waals surface area contributed by atoms with Crippen molar-refractivity contribution in [3.8, 4) is 5.75 Å². The zero-order valence-electron chi connectivity index (χ0n) is 12.1. The number of pyridine rings is 1. The third kappa shape index (κ3) is 2.33. The van der Waals surface area contributed by atoms with Crippen LogP contribution >= 0.6 is 0 Å². The van der Waals surface area contributed by atoms with Crippen LogP contribution in [0.2, 0.25) is 0 Å². The molecule has 0 saturated carbocycles. The minimum atomic E-state index is 0.295. The zero-order valence-corrected chi connectivity index (χ0v) is 12.1. The lowest BCUT2D eigenvalue weighted by Gasteiger charge is -2.33. The van der Waals surface area contributed by atoms with Crippen molar-refractivity contribution in [1.82, 2.24) is 4.98 Å². The van der Waals surface area contributed by atoms with Gasteiger partial charge in [0.2, 0.25) is 0 Å². The summed E-state index contributed by atoms with van der Waals surface area (Å²) < 4.78 is 5.51. The molecule has 1 aromatic heterocycles. The van der Waals surface area contributed by atoms with Gasteiger partial charge in [-0.2, -0.15) is 0 Å². The number of anilines is 1. The first-order valence-corrected chi connectivity index (χ1v) is 7.66. The van der Waals surface area contributed by atoms with Crippen LogP contribution in [0.25, 0.3) is 10.9 Å². The highest BCUT2D eigenvalue weighted by Gasteiger charge is 2.39. The van der Waals surface area contributed by atoms with Gasteiger partial charge in [0.05, 0.1) is 17.4 Å². The van der Waals surface area contributed by atoms with Crippen molar-refractivity contribution in [1.29, 1.82) is 0 Å². The average molecular weight is 284 g/mol. The number of phenolic OH excluding ortho intramolecular Hbond substituents is 1. The Bertz CT molecular complexity index is 665. The fraction of sp³-hybridized carbons (Fsp3) is 0.471. The zero-order chi connectivity index (χ0) is 14.3. The second kappa shape index (κ2) is 4.88. The van der Waals surface area contributed by atoms with E-state index < -0.39 is 0 Å². The summed E-state index contributed by atoms with van der Waals surface area (Å²) in [6, 6.07) is 7.47. The van der Waals surface area contributed by atoms with Gasteiger partial charge in [-0.25, -0.2) is 0 Å². The van der Waals surface area contributed by atoms with Gasteiger partial charge in [-0.05, 0) is 48.9 Å². The summed E-state index contributed by atoms with van der Waals surface area (Å²) in [5.41, 5.74) is 2.53. The highest BCUT2D eigenvalue weighted by Crippen LogP contribution is 2.41. The van der Waals surface area contributed by atoms with Crippen molar-refractivity contribution in [2.75, 3.05) is 31.2 Å². The minimum absolute atomic E-state index is 0.295. The van der Waals surface area contributed by atoms with E-state index in [9.17, 15) is 5.11 Å². The molecule has 4 nitrogen and oxygen atoms in total. The molecule has 4 rings (SSSR count). The third-order valence-electron chi connectivity index (χ3n) is 5.01. The first kappa shape index (κ1) is 12.9. The number of benzene rings is 1. The Kier molecular flexibility index (Phi) is 3.00. The van der Waals surface area contributed by atoms with E-state index in [-0.39, 0.29) is 0 Å². The number of nitrogens with zero attached hydrogens (tertiary/aromatic N) is 2. The molecule has 0 atom stereocenters. The molecular weight excluding hydrogens is 264 g/mol. The second-order valence-electron chi connectivity index (χ2n) is 6.35. The van der Waals surface area contributed by atoms with E-state index >= 15 is 0 Å². The van der Waals surface area contributed by atoms with Gasteiger partial charge in [0.25, 0.3) is 0 Å². The summed E-state index contributed by atoms with van der Waals surface area (Å²) in [5, 5.41) is 10.6. The van der Waals surface area contributed by atoms with Crippen LogP contribution in [0.5, 0.6) is 5.75 Å². The molecular formula is C17H20N2O2. The summed E-state index contributed by atoms with van der Waals surface area (Å²) in [5.74, 6) is 0.295. The minimum Gasteiger partial charge on any atom is -0.508 e. The maximum absolute atomic E-state index is 9.63. The summed E-state index contributed by atoms with van der Waals surface area (Å²) in [7, 11) is 0. The number of hydrogen-bond donors (Lipinski definition) is 1. The van der Waals surface area contributed by atoms with Crippen LogP contribution in [0.3, 0.4) is 0 Å². The molecule has 2 aliphatic rings.